The number of halogens is 1. The molecule has 1 aromatic carbocycles. The number of rotatable bonds is 2. The molecule has 0 bridgehead atoms. The lowest BCUT2D eigenvalue weighted by molar-refractivity contribution is 0.0693. The lowest BCUT2D eigenvalue weighted by atomic mass is 9.93. The Morgan fingerprint density at radius 3 is 2.44 bits per heavy atom. The molecule has 0 saturated carbocycles. The van der Waals surface area contributed by atoms with Gasteiger partial charge in [-0.05, 0) is 31.5 Å². The van der Waals surface area contributed by atoms with Gasteiger partial charge in [0, 0.05) is 6.07 Å². The van der Waals surface area contributed by atoms with Crippen molar-refractivity contribution < 1.29 is 14.0 Å². The van der Waals surface area contributed by atoms with Gasteiger partial charge in [0.1, 0.15) is 11.4 Å². The summed E-state index contributed by atoms with van der Waals surface area (Å²) in [7, 11) is 0. The summed E-state index contributed by atoms with van der Waals surface area (Å²) >= 11 is 0. The van der Waals surface area contributed by atoms with Gasteiger partial charge >= 0.3 is 0 Å². The minimum absolute atomic E-state index is 0.340. The molecule has 0 amide bonds. The van der Waals surface area contributed by atoms with Crippen molar-refractivity contribution in [1.82, 2.24) is 5.16 Å². The fourth-order valence-electron chi connectivity index (χ4n) is 1.51. The molecule has 1 aromatic heterocycles. The van der Waals surface area contributed by atoms with E-state index in [0.717, 1.165) is 0 Å². The van der Waals surface area contributed by atoms with Gasteiger partial charge in [0.25, 0.3) is 0 Å². The Morgan fingerprint density at radius 2 is 1.94 bits per heavy atom. The van der Waals surface area contributed by atoms with Crippen molar-refractivity contribution >= 4 is 0 Å². The molecule has 3 nitrogen and oxygen atoms in total. The third kappa shape index (κ3) is 1.84. The first-order chi connectivity index (χ1) is 7.50. The predicted octanol–water partition coefficient (Wildman–Crippen LogP) is 2.38. The van der Waals surface area contributed by atoms with Crippen molar-refractivity contribution in [2.75, 3.05) is 0 Å². The van der Waals surface area contributed by atoms with E-state index in [9.17, 15) is 9.50 Å². The van der Waals surface area contributed by atoms with Gasteiger partial charge in [-0.1, -0.05) is 17.3 Å². The standard InChI is InChI=1S/C12H12FNO2/c1-8-7-11(16-14-8)12(2,15)9-3-5-10(13)6-4-9/h3-7,15H,1-2H3. The molecule has 16 heavy (non-hydrogen) atoms. The van der Waals surface area contributed by atoms with Crippen molar-refractivity contribution in [3.8, 4) is 0 Å². The maximum atomic E-state index is 12.8. The number of benzene rings is 1. The van der Waals surface area contributed by atoms with Crippen molar-refractivity contribution in [3.05, 3.63) is 53.2 Å². The Hall–Kier alpha value is -1.68. The Bertz CT molecular complexity index is 488. The fraction of sp³-hybridized carbons (Fsp3) is 0.250. The first kappa shape index (κ1) is 10.8. The van der Waals surface area contributed by atoms with E-state index in [4.69, 9.17) is 4.52 Å². The van der Waals surface area contributed by atoms with E-state index in [1.807, 2.05) is 0 Å². The molecule has 1 N–H and O–H groups in total. The lowest BCUT2D eigenvalue weighted by Gasteiger charge is -2.20. The van der Waals surface area contributed by atoms with Crippen LogP contribution < -0.4 is 0 Å². The summed E-state index contributed by atoms with van der Waals surface area (Å²) in [6, 6.07) is 7.30. The van der Waals surface area contributed by atoms with E-state index >= 15 is 0 Å². The average molecular weight is 221 g/mol. The van der Waals surface area contributed by atoms with Crippen LogP contribution in [0.3, 0.4) is 0 Å². The van der Waals surface area contributed by atoms with Crippen molar-refractivity contribution in [3.63, 3.8) is 0 Å². The van der Waals surface area contributed by atoms with Crippen LogP contribution in [-0.2, 0) is 5.60 Å². The first-order valence-electron chi connectivity index (χ1n) is 4.92. The van der Waals surface area contributed by atoms with Gasteiger partial charge < -0.3 is 9.63 Å². The fourth-order valence-corrected chi connectivity index (χ4v) is 1.51. The van der Waals surface area contributed by atoms with Gasteiger partial charge in [-0.15, -0.1) is 0 Å². The van der Waals surface area contributed by atoms with E-state index in [1.54, 1.807) is 19.9 Å². The van der Waals surface area contributed by atoms with Crippen LogP contribution in [0, 0.1) is 12.7 Å². The molecule has 0 fully saturated rings. The van der Waals surface area contributed by atoms with Crippen LogP contribution in [0.2, 0.25) is 0 Å². The Kier molecular flexibility index (Phi) is 2.52. The highest BCUT2D eigenvalue weighted by Crippen LogP contribution is 2.29. The molecular formula is C12H12FNO2. The zero-order chi connectivity index (χ0) is 11.8. The molecule has 84 valence electrons. The third-order valence-electron chi connectivity index (χ3n) is 2.51. The normalized spacial score (nSPS) is 14.8. The number of hydrogen-bond acceptors (Lipinski definition) is 3. The van der Waals surface area contributed by atoms with Crippen LogP contribution in [0.4, 0.5) is 4.39 Å². The number of nitrogens with zero attached hydrogens (tertiary/aromatic N) is 1. The van der Waals surface area contributed by atoms with E-state index in [2.05, 4.69) is 5.16 Å². The predicted molar refractivity (Wildman–Crippen MR) is 56.3 cm³/mol. The summed E-state index contributed by atoms with van der Waals surface area (Å²) in [6.45, 7) is 3.36. The zero-order valence-electron chi connectivity index (χ0n) is 9.07. The molecule has 0 aliphatic heterocycles. The second kappa shape index (κ2) is 3.72. The molecule has 2 rings (SSSR count). The second-order valence-electron chi connectivity index (χ2n) is 3.91. The summed E-state index contributed by atoms with van der Waals surface area (Å²) in [6.07, 6.45) is 0. The summed E-state index contributed by atoms with van der Waals surface area (Å²) in [4.78, 5) is 0. The van der Waals surface area contributed by atoms with Crippen LogP contribution in [-0.4, -0.2) is 10.3 Å². The van der Waals surface area contributed by atoms with Crippen molar-refractivity contribution in [1.29, 1.82) is 0 Å². The Labute approximate surface area is 92.5 Å². The topological polar surface area (TPSA) is 46.3 Å². The minimum Gasteiger partial charge on any atom is -0.377 e. The molecule has 0 aliphatic rings. The van der Waals surface area contributed by atoms with E-state index in [-0.39, 0.29) is 5.82 Å². The highest BCUT2D eigenvalue weighted by atomic mass is 19.1. The molecule has 4 heteroatoms. The maximum Gasteiger partial charge on any atom is 0.172 e. The maximum absolute atomic E-state index is 12.8. The van der Waals surface area contributed by atoms with E-state index < -0.39 is 5.60 Å². The number of aromatic nitrogens is 1. The largest absolute Gasteiger partial charge is 0.377 e. The summed E-state index contributed by atoms with van der Waals surface area (Å²) in [5, 5.41) is 14.0. The summed E-state index contributed by atoms with van der Waals surface area (Å²) < 4.78 is 17.8. The minimum atomic E-state index is -1.30. The summed E-state index contributed by atoms with van der Waals surface area (Å²) in [5.74, 6) is 0.00455. The van der Waals surface area contributed by atoms with E-state index in [1.165, 1.54) is 24.3 Å². The number of hydrogen-bond donors (Lipinski definition) is 1. The quantitative estimate of drug-likeness (QED) is 0.846. The third-order valence-corrected chi connectivity index (χ3v) is 2.51. The second-order valence-corrected chi connectivity index (χ2v) is 3.91. The smallest absolute Gasteiger partial charge is 0.172 e. The van der Waals surface area contributed by atoms with Gasteiger partial charge in [0.2, 0.25) is 0 Å². The molecule has 1 heterocycles. The van der Waals surface area contributed by atoms with Gasteiger partial charge in [-0.3, -0.25) is 0 Å². The summed E-state index contributed by atoms with van der Waals surface area (Å²) in [5.41, 5.74) is -0.0444. The molecule has 0 saturated heterocycles. The Morgan fingerprint density at radius 1 is 1.31 bits per heavy atom. The molecule has 2 aromatic rings. The first-order valence-corrected chi connectivity index (χ1v) is 4.92. The van der Waals surface area contributed by atoms with Crippen molar-refractivity contribution in [2.45, 2.75) is 19.4 Å². The van der Waals surface area contributed by atoms with E-state index in [0.29, 0.717) is 17.0 Å². The monoisotopic (exact) mass is 221 g/mol. The molecule has 0 radical (unpaired) electrons. The van der Waals surface area contributed by atoms with Crippen LogP contribution in [0.1, 0.15) is 23.9 Å². The molecule has 0 spiro atoms. The molecule has 1 atom stereocenters. The van der Waals surface area contributed by atoms with Crippen molar-refractivity contribution in [2.24, 2.45) is 0 Å². The number of aliphatic hydroxyl groups is 1. The van der Waals surface area contributed by atoms with Gasteiger partial charge in [-0.2, -0.15) is 0 Å². The molecule has 0 aliphatic carbocycles. The zero-order valence-corrected chi connectivity index (χ0v) is 9.07. The SMILES string of the molecule is Cc1cc(C(C)(O)c2ccc(F)cc2)on1. The van der Waals surface area contributed by atoms with Crippen LogP contribution in [0.5, 0.6) is 0 Å². The Balaban J connectivity index is 2.42. The van der Waals surface area contributed by atoms with Crippen LogP contribution in [0.15, 0.2) is 34.9 Å². The van der Waals surface area contributed by atoms with Gasteiger partial charge in [-0.25, -0.2) is 4.39 Å². The number of aryl methyl sites for hydroxylation is 1. The van der Waals surface area contributed by atoms with Crippen LogP contribution >= 0.6 is 0 Å². The highest BCUT2D eigenvalue weighted by molar-refractivity contribution is 5.30. The van der Waals surface area contributed by atoms with Crippen LogP contribution in [0.25, 0.3) is 0 Å². The van der Waals surface area contributed by atoms with Gasteiger partial charge in [0.05, 0.1) is 5.69 Å². The lowest BCUT2D eigenvalue weighted by Crippen LogP contribution is -2.21. The molecule has 1 unspecified atom stereocenters. The average Bonchev–Trinajstić information content (AvgIpc) is 2.66. The van der Waals surface area contributed by atoms with Gasteiger partial charge in [0.15, 0.2) is 5.76 Å². The molecular weight excluding hydrogens is 209 g/mol. The highest BCUT2D eigenvalue weighted by Gasteiger charge is 2.29.